The van der Waals surface area contributed by atoms with E-state index in [1.165, 1.54) is 6.08 Å². The molecule has 26 heavy (non-hydrogen) atoms. The van der Waals surface area contributed by atoms with Crippen LogP contribution in [-0.2, 0) is 33.3 Å². The summed E-state index contributed by atoms with van der Waals surface area (Å²) < 4.78 is 20.9. The molecule has 1 aliphatic rings. The van der Waals surface area contributed by atoms with Gasteiger partial charge < -0.3 is 24.1 Å². The lowest BCUT2D eigenvalue weighted by atomic mass is 10.1. The van der Waals surface area contributed by atoms with Crippen molar-refractivity contribution >= 4 is 17.9 Å². The van der Waals surface area contributed by atoms with Gasteiger partial charge in [-0.15, -0.1) is 0 Å². The lowest BCUT2D eigenvalue weighted by molar-refractivity contribution is -0.206. The number of carbonyl (C=O) groups is 3. The number of esters is 3. The number of hydrogen-bond acceptors (Lipinski definition) is 8. The van der Waals surface area contributed by atoms with Crippen molar-refractivity contribution in [2.45, 2.75) is 77.8 Å². The normalized spacial score (nSPS) is 22.8. The number of aliphatic hydroxyl groups is 1. The highest BCUT2D eigenvalue weighted by Crippen LogP contribution is 2.21. The lowest BCUT2D eigenvalue weighted by Gasteiger charge is -2.26. The molecule has 0 bridgehead atoms. The third-order valence-electron chi connectivity index (χ3n) is 3.49. The topological polar surface area (TPSA) is 108 Å². The van der Waals surface area contributed by atoms with Gasteiger partial charge in [-0.05, 0) is 19.3 Å². The number of aliphatic hydroxyl groups excluding tert-OH is 1. The van der Waals surface area contributed by atoms with Crippen molar-refractivity contribution in [3.8, 4) is 0 Å². The average Bonchev–Trinajstić information content (AvgIpc) is 2.69. The van der Waals surface area contributed by atoms with Gasteiger partial charge in [0.05, 0.1) is 0 Å². The van der Waals surface area contributed by atoms with Crippen LogP contribution in [-0.4, -0.2) is 48.1 Å². The van der Waals surface area contributed by atoms with Gasteiger partial charge in [0.1, 0.15) is 12.4 Å². The maximum atomic E-state index is 11.9. The Bertz CT molecular complexity index is 513. The van der Waals surface area contributed by atoms with E-state index in [9.17, 15) is 19.5 Å². The van der Waals surface area contributed by atoms with E-state index in [0.717, 1.165) is 0 Å². The zero-order valence-electron chi connectivity index (χ0n) is 15.6. The molecule has 0 radical (unpaired) electrons. The summed E-state index contributed by atoms with van der Waals surface area (Å²) in [7, 11) is 0. The van der Waals surface area contributed by atoms with Gasteiger partial charge >= 0.3 is 17.9 Å². The number of carbonyl (C=O) groups excluding carboxylic acids is 3. The minimum absolute atomic E-state index is 0.103. The molecule has 1 unspecified atom stereocenters. The highest BCUT2D eigenvalue weighted by Gasteiger charge is 2.37. The molecule has 8 nitrogen and oxygen atoms in total. The first-order valence-corrected chi connectivity index (χ1v) is 9.01. The van der Waals surface area contributed by atoms with E-state index in [4.69, 9.17) is 18.9 Å². The Morgan fingerprint density at radius 2 is 1.54 bits per heavy atom. The monoisotopic (exact) mass is 372 g/mol. The molecule has 0 saturated carbocycles. The second kappa shape index (κ2) is 11.6. The van der Waals surface area contributed by atoms with E-state index >= 15 is 0 Å². The molecule has 1 aliphatic heterocycles. The fourth-order valence-corrected chi connectivity index (χ4v) is 2.27. The summed E-state index contributed by atoms with van der Waals surface area (Å²) in [5.41, 5.74) is 0. The maximum Gasteiger partial charge on any atom is 0.310 e. The molecule has 1 rings (SSSR count). The van der Waals surface area contributed by atoms with Gasteiger partial charge in [-0.2, -0.15) is 0 Å². The van der Waals surface area contributed by atoms with Crippen molar-refractivity contribution in [2.24, 2.45) is 0 Å². The molecule has 0 fully saturated rings. The highest BCUT2D eigenvalue weighted by atomic mass is 16.7. The average molecular weight is 372 g/mol. The van der Waals surface area contributed by atoms with Gasteiger partial charge in [0.2, 0.25) is 0 Å². The zero-order chi connectivity index (χ0) is 19.5. The highest BCUT2D eigenvalue weighted by molar-refractivity contribution is 5.71. The Morgan fingerprint density at radius 3 is 2.12 bits per heavy atom. The largest absolute Gasteiger partial charge is 0.454 e. The minimum Gasteiger partial charge on any atom is -0.454 e. The Morgan fingerprint density at radius 1 is 1.00 bits per heavy atom. The van der Waals surface area contributed by atoms with Crippen LogP contribution in [0.4, 0.5) is 0 Å². The van der Waals surface area contributed by atoms with E-state index in [-0.39, 0.29) is 31.6 Å². The first-order valence-electron chi connectivity index (χ1n) is 9.01. The van der Waals surface area contributed by atoms with E-state index in [1.807, 2.05) is 20.8 Å². The summed E-state index contributed by atoms with van der Waals surface area (Å²) in [6.45, 7) is 5.26. The fourth-order valence-electron chi connectivity index (χ4n) is 2.27. The van der Waals surface area contributed by atoms with Crippen LogP contribution in [0.5, 0.6) is 0 Å². The third-order valence-corrected chi connectivity index (χ3v) is 3.49. The number of ether oxygens (including phenoxy) is 4. The quantitative estimate of drug-likeness (QED) is 0.483. The van der Waals surface area contributed by atoms with E-state index in [2.05, 4.69) is 0 Å². The van der Waals surface area contributed by atoms with Gasteiger partial charge in [-0.25, -0.2) is 0 Å². The van der Waals surface area contributed by atoms with E-state index in [0.29, 0.717) is 19.3 Å². The number of rotatable bonds is 9. The third kappa shape index (κ3) is 7.53. The first kappa shape index (κ1) is 22.1. The molecular formula is C18H28O8. The molecule has 1 heterocycles. The molecule has 8 heteroatoms. The van der Waals surface area contributed by atoms with Crippen molar-refractivity contribution in [2.75, 3.05) is 6.61 Å². The summed E-state index contributed by atoms with van der Waals surface area (Å²) in [5.74, 6) is -1.42. The van der Waals surface area contributed by atoms with Gasteiger partial charge in [-0.1, -0.05) is 20.8 Å². The SMILES string of the molecule is CCCC(=O)OC1=C[C@@H](OC(=O)CCC)[C@@H](OC(=O)CCC)C(O)OC1. The molecule has 0 aliphatic carbocycles. The van der Waals surface area contributed by atoms with Crippen molar-refractivity contribution < 1.29 is 38.4 Å². The van der Waals surface area contributed by atoms with Crippen LogP contribution < -0.4 is 0 Å². The van der Waals surface area contributed by atoms with E-state index < -0.39 is 36.4 Å². The summed E-state index contributed by atoms with van der Waals surface area (Å²) >= 11 is 0. The molecular weight excluding hydrogens is 344 g/mol. The Kier molecular flexibility index (Phi) is 9.90. The van der Waals surface area contributed by atoms with Gasteiger partial charge in [0.25, 0.3) is 0 Å². The lowest BCUT2D eigenvalue weighted by Crippen LogP contribution is -2.43. The van der Waals surface area contributed by atoms with Gasteiger partial charge in [0, 0.05) is 25.3 Å². The predicted molar refractivity (Wildman–Crippen MR) is 90.6 cm³/mol. The summed E-state index contributed by atoms with van der Waals surface area (Å²) in [6, 6.07) is 0. The molecule has 0 amide bonds. The Hall–Kier alpha value is -1.93. The van der Waals surface area contributed by atoms with Crippen LogP contribution in [0.15, 0.2) is 11.8 Å². The second-order valence-electron chi connectivity index (χ2n) is 5.97. The van der Waals surface area contributed by atoms with Crippen LogP contribution >= 0.6 is 0 Å². The Balaban J connectivity index is 2.99. The molecule has 0 aromatic carbocycles. The molecule has 3 atom stereocenters. The first-order chi connectivity index (χ1) is 12.4. The van der Waals surface area contributed by atoms with Gasteiger partial charge in [-0.3, -0.25) is 14.4 Å². The molecule has 1 N–H and O–H groups in total. The van der Waals surface area contributed by atoms with Crippen LogP contribution in [0.2, 0.25) is 0 Å². The molecule has 0 aromatic heterocycles. The summed E-state index contributed by atoms with van der Waals surface area (Å²) in [6.07, 6.45) is -0.227. The van der Waals surface area contributed by atoms with Crippen LogP contribution in [0.1, 0.15) is 59.3 Å². The molecule has 0 saturated heterocycles. The molecule has 148 valence electrons. The summed E-state index contributed by atoms with van der Waals surface area (Å²) in [5, 5.41) is 10.2. The van der Waals surface area contributed by atoms with Gasteiger partial charge in [0.15, 0.2) is 18.5 Å². The van der Waals surface area contributed by atoms with Crippen LogP contribution in [0, 0.1) is 0 Å². The van der Waals surface area contributed by atoms with Crippen molar-refractivity contribution in [1.29, 1.82) is 0 Å². The standard InChI is InChI=1S/C18H28O8/c1-4-7-14(19)24-12-10-13(25-15(20)8-5-2)17(18(22)23-11-12)26-16(21)9-6-3/h10,13,17-18,22H,4-9,11H2,1-3H3/t13-,17-,18?/m1/s1. The van der Waals surface area contributed by atoms with E-state index in [1.54, 1.807) is 0 Å². The smallest absolute Gasteiger partial charge is 0.310 e. The zero-order valence-corrected chi connectivity index (χ0v) is 15.6. The second-order valence-corrected chi connectivity index (χ2v) is 5.97. The minimum atomic E-state index is -1.52. The van der Waals surface area contributed by atoms with Crippen LogP contribution in [0.3, 0.4) is 0 Å². The maximum absolute atomic E-state index is 11.9. The fraction of sp³-hybridized carbons (Fsp3) is 0.722. The van der Waals surface area contributed by atoms with Crippen molar-refractivity contribution in [3.63, 3.8) is 0 Å². The van der Waals surface area contributed by atoms with Crippen molar-refractivity contribution in [3.05, 3.63) is 11.8 Å². The van der Waals surface area contributed by atoms with Crippen LogP contribution in [0.25, 0.3) is 0 Å². The molecule has 0 spiro atoms. The Labute approximate surface area is 153 Å². The molecule has 0 aromatic rings. The number of hydrogen-bond donors (Lipinski definition) is 1. The predicted octanol–water partition coefficient (Wildman–Crippen LogP) is 1.99. The summed E-state index contributed by atoms with van der Waals surface area (Å²) in [4.78, 5) is 35.4. The van der Waals surface area contributed by atoms with Crippen molar-refractivity contribution in [1.82, 2.24) is 0 Å².